The Kier molecular flexibility index (Phi) is 34.1. The van der Waals surface area contributed by atoms with Crippen molar-refractivity contribution in [2.24, 2.45) is 5.92 Å². The molecule has 0 amide bonds. The second-order valence-electron chi connectivity index (χ2n) is 2.35. The SMILES string of the molecule is CC.CC.CCCC(C)CSC. The van der Waals surface area contributed by atoms with Crippen LogP contribution in [0.4, 0.5) is 0 Å². The normalized spacial score (nSPS) is 10.2. The molecule has 0 radical (unpaired) electrons. The first-order chi connectivity index (χ1) is 5.81. The summed E-state index contributed by atoms with van der Waals surface area (Å²) < 4.78 is 0. The fourth-order valence-corrected chi connectivity index (χ4v) is 1.60. The van der Waals surface area contributed by atoms with E-state index in [4.69, 9.17) is 0 Å². The van der Waals surface area contributed by atoms with Crippen molar-refractivity contribution in [3.63, 3.8) is 0 Å². The number of hydrogen-bond donors (Lipinski definition) is 0. The summed E-state index contributed by atoms with van der Waals surface area (Å²) >= 11 is 1.95. The van der Waals surface area contributed by atoms with Crippen molar-refractivity contribution in [1.29, 1.82) is 0 Å². The van der Waals surface area contributed by atoms with Gasteiger partial charge in [0.2, 0.25) is 0 Å². The van der Waals surface area contributed by atoms with Crippen LogP contribution in [0.1, 0.15) is 54.4 Å². The smallest absolute Gasteiger partial charge is 0.00445 e. The molecule has 12 heavy (non-hydrogen) atoms. The molecule has 0 N–H and O–H groups in total. The van der Waals surface area contributed by atoms with E-state index in [0.717, 1.165) is 5.92 Å². The lowest BCUT2D eigenvalue weighted by molar-refractivity contribution is 0.585. The molecule has 0 bridgehead atoms. The molecular weight excluding hydrogens is 164 g/mol. The Bertz CT molecular complexity index is 38.3. The highest BCUT2D eigenvalue weighted by Gasteiger charge is 1.96. The van der Waals surface area contributed by atoms with Gasteiger partial charge in [0.1, 0.15) is 0 Å². The fourth-order valence-electron chi connectivity index (χ4n) is 0.861. The maximum absolute atomic E-state index is 2.32. The van der Waals surface area contributed by atoms with Crippen molar-refractivity contribution in [2.75, 3.05) is 12.0 Å². The summed E-state index contributed by atoms with van der Waals surface area (Å²) in [6, 6.07) is 0. The van der Waals surface area contributed by atoms with E-state index < -0.39 is 0 Å². The van der Waals surface area contributed by atoms with Crippen molar-refractivity contribution in [3.05, 3.63) is 0 Å². The summed E-state index contributed by atoms with van der Waals surface area (Å²) in [5.41, 5.74) is 0. The second-order valence-corrected chi connectivity index (χ2v) is 3.26. The molecule has 0 aliphatic heterocycles. The Labute approximate surface area is 84.5 Å². The van der Waals surface area contributed by atoms with Gasteiger partial charge in [0.15, 0.2) is 0 Å². The number of thioether (sulfide) groups is 1. The molecule has 0 aliphatic rings. The maximum Gasteiger partial charge on any atom is -0.00445 e. The number of rotatable bonds is 4. The fraction of sp³-hybridized carbons (Fsp3) is 1.00. The van der Waals surface area contributed by atoms with E-state index in [1.54, 1.807) is 0 Å². The van der Waals surface area contributed by atoms with E-state index in [1.807, 2.05) is 39.5 Å². The minimum Gasteiger partial charge on any atom is -0.165 e. The minimum absolute atomic E-state index is 0.926. The predicted molar refractivity (Wildman–Crippen MR) is 65.2 cm³/mol. The third-order valence-corrected chi connectivity index (χ3v) is 2.14. The molecule has 0 aromatic rings. The lowest BCUT2D eigenvalue weighted by Crippen LogP contribution is -1.95. The van der Waals surface area contributed by atoms with Gasteiger partial charge in [0.05, 0.1) is 0 Å². The molecule has 1 unspecified atom stereocenters. The van der Waals surface area contributed by atoms with Gasteiger partial charge in [-0.05, 0) is 17.9 Å². The van der Waals surface area contributed by atoms with E-state index in [0.29, 0.717) is 0 Å². The Morgan fingerprint density at radius 3 is 1.75 bits per heavy atom. The van der Waals surface area contributed by atoms with Gasteiger partial charge in [-0.1, -0.05) is 54.4 Å². The molecule has 0 aliphatic carbocycles. The molecule has 0 heterocycles. The van der Waals surface area contributed by atoms with Crippen LogP contribution in [0.15, 0.2) is 0 Å². The van der Waals surface area contributed by atoms with E-state index in [2.05, 4.69) is 20.1 Å². The molecule has 0 spiro atoms. The molecule has 78 valence electrons. The van der Waals surface area contributed by atoms with Crippen LogP contribution in [-0.4, -0.2) is 12.0 Å². The zero-order chi connectivity index (χ0) is 10.4. The zero-order valence-corrected chi connectivity index (χ0v) is 10.9. The molecule has 0 saturated heterocycles. The quantitative estimate of drug-likeness (QED) is 0.614. The first-order valence-corrected chi connectivity index (χ1v) is 6.69. The second kappa shape index (κ2) is 22.5. The summed E-state index contributed by atoms with van der Waals surface area (Å²) in [6.45, 7) is 12.6. The van der Waals surface area contributed by atoms with E-state index in [1.165, 1.54) is 18.6 Å². The average molecular weight is 192 g/mol. The average Bonchev–Trinajstić information content (AvgIpc) is 2.12. The van der Waals surface area contributed by atoms with Crippen LogP contribution in [0.3, 0.4) is 0 Å². The maximum atomic E-state index is 2.32. The third kappa shape index (κ3) is 22.4. The standard InChI is InChI=1S/C7H16S.2C2H6/c1-4-5-7(2)6-8-3;2*1-2/h7H,4-6H2,1-3H3;2*1-2H3. The summed E-state index contributed by atoms with van der Waals surface area (Å²) in [4.78, 5) is 0. The Hall–Kier alpha value is 0.350. The minimum atomic E-state index is 0.926. The highest BCUT2D eigenvalue weighted by Crippen LogP contribution is 2.09. The topological polar surface area (TPSA) is 0 Å². The van der Waals surface area contributed by atoms with Crippen molar-refractivity contribution in [2.45, 2.75) is 54.4 Å². The molecule has 0 saturated carbocycles. The number of hydrogen-bond acceptors (Lipinski definition) is 1. The van der Waals surface area contributed by atoms with Crippen LogP contribution in [0.2, 0.25) is 0 Å². The Morgan fingerprint density at radius 1 is 1.08 bits per heavy atom. The first kappa shape index (κ1) is 18.2. The summed E-state index contributed by atoms with van der Waals surface area (Å²) in [5.74, 6) is 2.25. The van der Waals surface area contributed by atoms with Crippen LogP contribution >= 0.6 is 11.8 Å². The van der Waals surface area contributed by atoms with Crippen molar-refractivity contribution < 1.29 is 0 Å². The lowest BCUT2D eigenvalue weighted by atomic mass is 10.1. The van der Waals surface area contributed by atoms with Crippen LogP contribution in [0, 0.1) is 5.92 Å². The van der Waals surface area contributed by atoms with Gasteiger partial charge in [-0.15, -0.1) is 0 Å². The Morgan fingerprint density at radius 2 is 1.50 bits per heavy atom. The van der Waals surface area contributed by atoms with Gasteiger partial charge < -0.3 is 0 Å². The lowest BCUT2D eigenvalue weighted by Gasteiger charge is -2.05. The molecule has 0 nitrogen and oxygen atoms in total. The van der Waals surface area contributed by atoms with E-state index in [9.17, 15) is 0 Å². The van der Waals surface area contributed by atoms with Gasteiger partial charge in [-0.2, -0.15) is 11.8 Å². The largest absolute Gasteiger partial charge is 0.165 e. The van der Waals surface area contributed by atoms with Gasteiger partial charge in [0.25, 0.3) is 0 Å². The van der Waals surface area contributed by atoms with Crippen molar-refractivity contribution >= 4 is 11.8 Å². The predicted octanol–water partition coefficient (Wildman–Crippen LogP) is 4.84. The van der Waals surface area contributed by atoms with Crippen LogP contribution in [-0.2, 0) is 0 Å². The first-order valence-electron chi connectivity index (χ1n) is 5.30. The van der Waals surface area contributed by atoms with Gasteiger partial charge >= 0.3 is 0 Å². The zero-order valence-electron chi connectivity index (χ0n) is 10.1. The highest BCUT2D eigenvalue weighted by molar-refractivity contribution is 7.98. The molecule has 0 aromatic heterocycles. The van der Waals surface area contributed by atoms with Gasteiger partial charge in [0, 0.05) is 0 Å². The van der Waals surface area contributed by atoms with Crippen molar-refractivity contribution in [3.8, 4) is 0 Å². The van der Waals surface area contributed by atoms with Crippen molar-refractivity contribution in [1.82, 2.24) is 0 Å². The van der Waals surface area contributed by atoms with Crippen LogP contribution < -0.4 is 0 Å². The molecular formula is C11H28S. The monoisotopic (exact) mass is 192 g/mol. The Balaban J connectivity index is -0.000000175. The van der Waals surface area contributed by atoms with Gasteiger partial charge in [-0.25, -0.2) is 0 Å². The summed E-state index contributed by atoms with van der Waals surface area (Å²) in [6.07, 6.45) is 4.90. The molecule has 0 aromatic carbocycles. The summed E-state index contributed by atoms with van der Waals surface area (Å²) in [5, 5.41) is 0. The van der Waals surface area contributed by atoms with E-state index in [-0.39, 0.29) is 0 Å². The van der Waals surface area contributed by atoms with Gasteiger partial charge in [-0.3, -0.25) is 0 Å². The van der Waals surface area contributed by atoms with Crippen LogP contribution in [0.25, 0.3) is 0 Å². The molecule has 1 atom stereocenters. The molecule has 0 rings (SSSR count). The highest BCUT2D eigenvalue weighted by atomic mass is 32.2. The molecule has 1 heteroatoms. The van der Waals surface area contributed by atoms with Crippen LogP contribution in [0.5, 0.6) is 0 Å². The third-order valence-electron chi connectivity index (χ3n) is 1.23. The summed E-state index contributed by atoms with van der Waals surface area (Å²) in [7, 11) is 0. The van der Waals surface area contributed by atoms with E-state index >= 15 is 0 Å². The molecule has 0 fully saturated rings.